The van der Waals surface area contributed by atoms with E-state index in [4.69, 9.17) is 4.74 Å². The highest BCUT2D eigenvalue weighted by molar-refractivity contribution is 5.79. The molecule has 2 fully saturated rings. The van der Waals surface area contributed by atoms with Crippen molar-refractivity contribution >= 4 is 12.0 Å². The molecule has 0 spiro atoms. The summed E-state index contributed by atoms with van der Waals surface area (Å²) in [5, 5.41) is 0. The van der Waals surface area contributed by atoms with Crippen LogP contribution in [0.4, 0.5) is 9.18 Å². The lowest BCUT2D eigenvalue weighted by Crippen LogP contribution is -2.53. The Bertz CT molecular complexity index is 644. The summed E-state index contributed by atoms with van der Waals surface area (Å²) in [5.41, 5.74) is 1.06. The van der Waals surface area contributed by atoms with E-state index in [-0.39, 0.29) is 23.7 Å². The number of benzene rings is 1. The first-order chi connectivity index (χ1) is 13.1. The molecule has 2 amide bonds. The maximum Gasteiger partial charge on any atom is 0.409 e. The molecule has 0 saturated carbocycles. The number of rotatable bonds is 4. The molecule has 2 saturated heterocycles. The molecule has 1 atom stereocenters. The van der Waals surface area contributed by atoms with Gasteiger partial charge >= 0.3 is 6.09 Å². The number of piperidine rings is 1. The molecule has 27 heavy (non-hydrogen) atoms. The second-order valence-corrected chi connectivity index (χ2v) is 7.21. The van der Waals surface area contributed by atoms with Crippen molar-refractivity contribution in [1.29, 1.82) is 0 Å². The highest BCUT2D eigenvalue weighted by Crippen LogP contribution is 2.21. The number of piperazine rings is 1. The van der Waals surface area contributed by atoms with Crippen LogP contribution in [0.2, 0.25) is 0 Å². The Morgan fingerprint density at radius 3 is 2.41 bits per heavy atom. The van der Waals surface area contributed by atoms with Gasteiger partial charge in [0.1, 0.15) is 5.82 Å². The zero-order valence-corrected chi connectivity index (χ0v) is 15.9. The lowest BCUT2D eigenvalue weighted by atomic mass is 9.95. The van der Waals surface area contributed by atoms with Gasteiger partial charge < -0.3 is 14.5 Å². The fourth-order valence-electron chi connectivity index (χ4n) is 3.83. The van der Waals surface area contributed by atoms with Gasteiger partial charge in [-0.05, 0) is 44.0 Å². The lowest BCUT2D eigenvalue weighted by molar-refractivity contribution is -0.139. The Hall–Kier alpha value is -2.15. The fraction of sp³-hybridized carbons (Fsp3) is 0.600. The van der Waals surface area contributed by atoms with Crippen molar-refractivity contribution < 1.29 is 18.7 Å². The maximum atomic E-state index is 13.1. The van der Waals surface area contributed by atoms with E-state index >= 15 is 0 Å². The van der Waals surface area contributed by atoms with Crippen molar-refractivity contribution in [3.05, 3.63) is 35.6 Å². The number of carbonyl (C=O) groups is 2. The van der Waals surface area contributed by atoms with Gasteiger partial charge in [-0.25, -0.2) is 9.18 Å². The standard InChI is InChI=1S/C20H28FN3O3/c1-2-27-20(26)24-12-10-23(11-13-24)19(25)17-4-3-9-22(15-17)14-16-5-7-18(21)8-6-16/h5-8,17H,2-4,9-15H2,1H3/t17-/m0/s1. The van der Waals surface area contributed by atoms with Gasteiger partial charge in [0, 0.05) is 39.3 Å². The van der Waals surface area contributed by atoms with Gasteiger partial charge in [0.15, 0.2) is 0 Å². The number of hydrogen-bond donors (Lipinski definition) is 0. The van der Waals surface area contributed by atoms with Crippen LogP contribution in [0.15, 0.2) is 24.3 Å². The number of amides is 2. The summed E-state index contributed by atoms with van der Waals surface area (Å²) in [6.45, 7) is 6.75. The van der Waals surface area contributed by atoms with Crippen LogP contribution in [0.1, 0.15) is 25.3 Å². The summed E-state index contributed by atoms with van der Waals surface area (Å²) in [4.78, 5) is 30.5. The number of nitrogens with zero attached hydrogens (tertiary/aromatic N) is 3. The van der Waals surface area contributed by atoms with Crippen molar-refractivity contribution in [3.8, 4) is 0 Å². The third-order valence-corrected chi connectivity index (χ3v) is 5.29. The van der Waals surface area contributed by atoms with Crippen LogP contribution >= 0.6 is 0 Å². The van der Waals surface area contributed by atoms with Gasteiger partial charge in [0.2, 0.25) is 5.91 Å². The van der Waals surface area contributed by atoms with Gasteiger partial charge in [0.25, 0.3) is 0 Å². The molecule has 0 unspecified atom stereocenters. The van der Waals surface area contributed by atoms with E-state index in [1.165, 1.54) is 12.1 Å². The molecule has 0 radical (unpaired) electrons. The van der Waals surface area contributed by atoms with Crippen molar-refractivity contribution in [1.82, 2.24) is 14.7 Å². The number of ether oxygens (including phenoxy) is 1. The van der Waals surface area contributed by atoms with E-state index in [1.54, 1.807) is 24.0 Å². The van der Waals surface area contributed by atoms with Gasteiger partial charge in [-0.15, -0.1) is 0 Å². The zero-order valence-electron chi connectivity index (χ0n) is 15.9. The van der Waals surface area contributed by atoms with Gasteiger partial charge in [-0.3, -0.25) is 9.69 Å². The van der Waals surface area contributed by atoms with Crippen molar-refractivity contribution in [2.24, 2.45) is 5.92 Å². The molecular weight excluding hydrogens is 349 g/mol. The maximum absolute atomic E-state index is 13.1. The number of halogens is 1. The quantitative estimate of drug-likeness (QED) is 0.808. The minimum atomic E-state index is -0.298. The Balaban J connectivity index is 1.50. The summed E-state index contributed by atoms with van der Waals surface area (Å²) in [5.74, 6) is -0.0527. The Morgan fingerprint density at radius 2 is 1.74 bits per heavy atom. The van der Waals surface area contributed by atoms with E-state index in [0.717, 1.165) is 38.0 Å². The highest BCUT2D eigenvalue weighted by atomic mass is 19.1. The largest absolute Gasteiger partial charge is 0.450 e. The minimum absolute atomic E-state index is 0.00617. The summed E-state index contributed by atoms with van der Waals surface area (Å²) in [7, 11) is 0. The number of carbonyl (C=O) groups excluding carboxylic acids is 2. The van der Waals surface area contributed by atoms with Crippen molar-refractivity contribution in [2.45, 2.75) is 26.3 Å². The Kier molecular flexibility index (Phi) is 6.66. The summed E-state index contributed by atoms with van der Waals surface area (Å²) in [6, 6.07) is 6.56. The topological polar surface area (TPSA) is 53.1 Å². The summed E-state index contributed by atoms with van der Waals surface area (Å²) >= 11 is 0. The predicted octanol–water partition coefficient (Wildman–Crippen LogP) is 2.34. The molecule has 1 aromatic rings. The van der Waals surface area contributed by atoms with Crippen LogP contribution in [0, 0.1) is 11.7 Å². The van der Waals surface area contributed by atoms with Crippen LogP contribution < -0.4 is 0 Å². The van der Waals surface area contributed by atoms with Crippen LogP contribution in [0.5, 0.6) is 0 Å². The van der Waals surface area contributed by atoms with Gasteiger partial charge in [-0.1, -0.05) is 12.1 Å². The lowest BCUT2D eigenvalue weighted by Gasteiger charge is -2.38. The molecule has 148 valence electrons. The summed E-state index contributed by atoms with van der Waals surface area (Å²) in [6.07, 6.45) is 1.59. The fourth-order valence-corrected chi connectivity index (χ4v) is 3.83. The van der Waals surface area contributed by atoms with E-state index in [2.05, 4.69) is 4.90 Å². The molecule has 0 bridgehead atoms. The Labute approximate surface area is 159 Å². The van der Waals surface area contributed by atoms with Crippen LogP contribution in [0.25, 0.3) is 0 Å². The monoisotopic (exact) mass is 377 g/mol. The van der Waals surface area contributed by atoms with Crippen molar-refractivity contribution in [3.63, 3.8) is 0 Å². The van der Waals surface area contributed by atoms with E-state index in [0.29, 0.717) is 32.8 Å². The predicted molar refractivity (Wildman–Crippen MR) is 99.6 cm³/mol. The molecular formula is C20H28FN3O3. The van der Waals surface area contributed by atoms with Crippen LogP contribution in [0.3, 0.4) is 0 Å². The molecule has 2 aliphatic rings. The number of likely N-dealkylation sites (tertiary alicyclic amines) is 1. The summed E-state index contributed by atoms with van der Waals surface area (Å²) < 4.78 is 18.1. The second-order valence-electron chi connectivity index (χ2n) is 7.21. The first-order valence-corrected chi connectivity index (χ1v) is 9.74. The normalized spacial score (nSPS) is 21.2. The molecule has 1 aromatic carbocycles. The number of hydrogen-bond acceptors (Lipinski definition) is 4. The van der Waals surface area contributed by atoms with Crippen molar-refractivity contribution in [2.75, 3.05) is 45.9 Å². The van der Waals surface area contributed by atoms with Crippen LogP contribution in [-0.4, -0.2) is 72.6 Å². The van der Waals surface area contributed by atoms with E-state index in [9.17, 15) is 14.0 Å². The molecule has 0 N–H and O–H groups in total. The average Bonchev–Trinajstić information content (AvgIpc) is 2.70. The molecule has 2 heterocycles. The first-order valence-electron chi connectivity index (χ1n) is 9.74. The molecule has 7 heteroatoms. The molecule has 2 aliphatic heterocycles. The van der Waals surface area contributed by atoms with Gasteiger partial charge in [0.05, 0.1) is 12.5 Å². The van der Waals surface area contributed by atoms with E-state index in [1.807, 2.05) is 4.90 Å². The van der Waals surface area contributed by atoms with Gasteiger partial charge in [-0.2, -0.15) is 0 Å². The highest BCUT2D eigenvalue weighted by Gasteiger charge is 2.32. The SMILES string of the molecule is CCOC(=O)N1CCN(C(=O)[C@H]2CCCN(Cc3ccc(F)cc3)C2)CC1. The minimum Gasteiger partial charge on any atom is -0.450 e. The zero-order chi connectivity index (χ0) is 19.2. The second kappa shape index (κ2) is 9.17. The smallest absolute Gasteiger partial charge is 0.409 e. The molecule has 6 nitrogen and oxygen atoms in total. The molecule has 3 rings (SSSR count). The van der Waals surface area contributed by atoms with E-state index < -0.39 is 0 Å². The third-order valence-electron chi connectivity index (χ3n) is 5.29. The molecule has 0 aliphatic carbocycles. The van der Waals surface area contributed by atoms with Crippen LogP contribution in [-0.2, 0) is 16.1 Å². The molecule has 0 aromatic heterocycles. The average molecular weight is 377 g/mol. The first kappa shape index (κ1) is 19.6. The Morgan fingerprint density at radius 1 is 1.07 bits per heavy atom. The third kappa shape index (κ3) is 5.19.